The molecule has 28 heavy (non-hydrogen) atoms. The molecule has 1 aromatic heterocycles. The lowest BCUT2D eigenvalue weighted by atomic mass is 9.97. The SMILES string of the molecule is CN=C(NCc1ccc(Cn2ccccc2=O)cc1)N1CCC(CC(C)C)C1. The Bertz CT molecular complexity index is 838. The fraction of sp³-hybridized carbons (Fsp3) is 0.478. The molecule has 1 aliphatic heterocycles. The Morgan fingerprint density at radius 2 is 1.93 bits per heavy atom. The van der Waals surface area contributed by atoms with Crippen LogP contribution in [0.4, 0.5) is 0 Å². The van der Waals surface area contributed by atoms with E-state index in [1.807, 2.05) is 19.3 Å². The molecule has 0 saturated carbocycles. The van der Waals surface area contributed by atoms with Gasteiger partial charge in [0.25, 0.3) is 5.56 Å². The molecule has 1 N–H and O–H groups in total. The zero-order valence-corrected chi connectivity index (χ0v) is 17.3. The van der Waals surface area contributed by atoms with Gasteiger partial charge in [-0.05, 0) is 41.9 Å². The molecule has 1 atom stereocenters. The van der Waals surface area contributed by atoms with Gasteiger partial charge in [0.05, 0.1) is 6.54 Å². The lowest BCUT2D eigenvalue weighted by molar-refractivity contribution is 0.403. The van der Waals surface area contributed by atoms with Gasteiger partial charge >= 0.3 is 0 Å². The maximum absolute atomic E-state index is 11.8. The molecule has 3 rings (SSSR count). The summed E-state index contributed by atoms with van der Waals surface area (Å²) in [4.78, 5) is 18.7. The third kappa shape index (κ3) is 5.47. The zero-order valence-electron chi connectivity index (χ0n) is 17.3. The number of likely N-dealkylation sites (tertiary alicyclic amines) is 1. The summed E-state index contributed by atoms with van der Waals surface area (Å²) >= 11 is 0. The van der Waals surface area contributed by atoms with Crippen molar-refractivity contribution in [3.63, 3.8) is 0 Å². The summed E-state index contributed by atoms with van der Waals surface area (Å²) in [6, 6.07) is 13.7. The van der Waals surface area contributed by atoms with Gasteiger partial charge in [-0.25, -0.2) is 0 Å². The molecule has 1 saturated heterocycles. The van der Waals surface area contributed by atoms with Gasteiger partial charge in [0.15, 0.2) is 5.96 Å². The molecule has 0 spiro atoms. The summed E-state index contributed by atoms with van der Waals surface area (Å²) in [5.41, 5.74) is 2.36. The van der Waals surface area contributed by atoms with E-state index in [0.717, 1.165) is 43.0 Å². The van der Waals surface area contributed by atoms with E-state index in [4.69, 9.17) is 0 Å². The minimum absolute atomic E-state index is 0.0263. The third-order valence-corrected chi connectivity index (χ3v) is 5.33. The van der Waals surface area contributed by atoms with Crippen molar-refractivity contribution in [2.45, 2.75) is 39.8 Å². The fourth-order valence-electron chi connectivity index (χ4n) is 3.95. The van der Waals surface area contributed by atoms with Crippen molar-refractivity contribution in [2.75, 3.05) is 20.1 Å². The van der Waals surface area contributed by atoms with E-state index in [0.29, 0.717) is 6.54 Å². The standard InChI is InChI=1S/C23H32N4O/c1-18(2)14-21-11-13-27(17-21)23(24-3)25-15-19-7-9-20(10-8-19)16-26-12-5-4-6-22(26)28/h4-10,12,18,21H,11,13-17H2,1-3H3,(H,24,25). The van der Waals surface area contributed by atoms with Crippen LogP contribution in [-0.2, 0) is 13.1 Å². The van der Waals surface area contributed by atoms with E-state index < -0.39 is 0 Å². The van der Waals surface area contributed by atoms with Crippen molar-refractivity contribution in [1.29, 1.82) is 0 Å². The Morgan fingerprint density at radius 1 is 1.18 bits per heavy atom. The van der Waals surface area contributed by atoms with Crippen LogP contribution in [0.15, 0.2) is 58.4 Å². The Hall–Kier alpha value is -2.56. The minimum Gasteiger partial charge on any atom is -0.352 e. The van der Waals surface area contributed by atoms with Gasteiger partial charge < -0.3 is 14.8 Å². The molecule has 0 radical (unpaired) electrons. The van der Waals surface area contributed by atoms with Gasteiger partial charge in [-0.3, -0.25) is 9.79 Å². The Morgan fingerprint density at radius 3 is 2.61 bits per heavy atom. The lowest BCUT2D eigenvalue weighted by Gasteiger charge is -2.22. The summed E-state index contributed by atoms with van der Waals surface area (Å²) in [6.45, 7) is 8.13. The first-order valence-corrected chi connectivity index (χ1v) is 10.2. The minimum atomic E-state index is 0.0263. The molecule has 150 valence electrons. The van der Waals surface area contributed by atoms with E-state index in [9.17, 15) is 4.79 Å². The monoisotopic (exact) mass is 380 g/mol. The Labute approximate surface area is 168 Å². The van der Waals surface area contributed by atoms with Crippen molar-refractivity contribution in [3.8, 4) is 0 Å². The van der Waals surface area contributed by atoms with Crippen molar-refractivity contribution in [1.82, 2.24) is 14.8 Å². The molecule has 1 fully saturated rings. The molecule has 5 nitrogen and oxygen atoms in total. The predicted molar refractivity (Wildman–Crippen MR) is 116 cm³/mol. The molecule has 1 aromatic carbocycles. The molecular formula is C23H32N4O. The van der Waals surface area contributed by atoms with Crippen LogP contribution in [0.3, 0.4) is 0 Å². The zero-order chi connectivity index (χ0) is 19.9. The molecule has 1 aliphatic rings. The van der Waals surface area contributed by atoms with Gasteiger partial charge in [0.2, 0.25) is 0 Å². The largest absolute Gasteiger partial charge is 0.352 e. The number of hydrogen-bond acceptors (Lipinski definition) is 2. The summed E-state index contributed by atoms with van der Waals surface area (Å²) in [5.74, 6) is 2.52. The van der Waals surface area contributed by atoms with Crippen LogP contribution < -0.4 is 10.9 Å². The second kappa shape index (κ2) is 9.58. The molecule has 1 unspecified atom stereocenters. The number of nitrogens with zero attached hydrogens (tertiary/aromatic N) is 3. The highest BCUT2D eigenvalue weighted by Crippen LogP contribution is 2.23. The van der Waals surface area contributed by atoms with Gasteiger partial charge in [-0.1, -0.05) is 44.2 Å². The lowest BCUT2D eigenvalue weighted by Crippen LogP contribution is -2.39. The first-order valence-electron chi connectivity index (χ1n) is 10.2. The van der Waals surface area contributed by atoms with Crippen LogP contribution in [0.25, 0.3) is 0 Å². The number of rotatable bonds is 6. The van der Waals surface area contributed by atoms with Gasteiger partial charge in [-0.2, -0.15) is 0 Å². The molecule has 0 aliphatic carbocycles. The average Bonchev–Trinajstić information content (AvgIpc) is 3.13. The fourth-order valence-corrected chi connectivity index (χ4v) is 3.95. The summed E-state index contributed by atoms with van der Waals surface area (Å²) < 4.78 is 1.72. The van der Waals surface area contributed by atoms with Crippen molar-refractivity contribution in [2.24, 2.45) is 16.8 Å². The number of aliphatic imine (C=N–C) groups is 1. The van der Waals surface area contributed by atoms with Crippen LogP contribution in [-0.4, -0.2) is 35.6 Å². The van der Waals surface area contributed by atoms with Crippen LogP contribution in [0.5, 0.6) is 0 Å². The quantitative estimate of drug-likeness (QED) is 0.618. The topological polar surface area (TPSA) is 49.6 Å². The van der Waals surface area contributed by atoms with Gasteiger partial charge in [-0.15, -0.1) is 0 Å². The second-order valence-electron chi connectivity index (χ2n) is 8.11. The maximum atomic E-state index is 11.8. The smallest absolute Gasteiger partial charge is 0.250 e. The number of benzene rings is 1. The van der Waals surface area contributed by atoms with Crippen LogP contribution in [0.1, 0.15) is 37.8 Å². The number of hydrogen-bond donors (Lipinski definition) is 1. The highest BCUT2D eigenvalue weighted by molar-refractivity contribution is 5.80. The maximum Gasteiger partial charge on any atom is 0.250 e. The molecule has 5 heteroatoms. The average molecular weight is 381 g/mol. The van der Waals surface area contributed by atoms with Crippen LogP contribution in [0.2, 0.25) is 0 Å². The summed E-state index contributed by atoms with van der Waals surface area (Å²) in [5, 5.41) is 3.50. The molecule has 2 heterocycles. The summed E-state index contributed by atoms with van der Waals surface area (Å²) in [7, 11) is 1.86. The number of nitrogens with one attached hydrogen (secondary N) is 1. The molecule has 2 aromatic rings. The molecule has 0 amide bonds. The number of pyridine rings is 1. The third-order valence-electron chi connectivity index (χ3n) is 5.33. The first kappa shape index (κ1) is 20.2. The highest BCUT2D eigenvalue weighted by Gasteiger charge is 2.25. The van der Waals surface area contributed by atoms with Gasteiger partial charge in [0, 0.05) is 38.9 Å². The highest BCUT2D eigenvalue weighted by atomic mass is 16.1. The van der Waals surface area contributed by atoms with E-state index in [2.05, 4.69) is 53.3 Å². The van der Waals surface area contributed by atoms with Crippen molar-refractivity contribution in [3.05, 3.63) is 70.1 Å². The van der Waals surface area contributed by atoms with Crippen LogP contribution >= 0.6 is 0 Å². The van der Waals surface area contributed by atoms with Crippen molar-refractivity contribution < 1.29 is 0 Å². The molecular weight excluding hydrogens is 348 g/mol. The Kier molecular flexibility index (Phi) is 6.90. The normalized spacial score (nSPS) is 17.4. The number of aromatic nitrogens is 1. The Balaban J connectivity index is 1.53. The van der Waals surface area contributed by atoms with Crippen molar-refractivity contribution >= 4 is 5.96 Å². The van der Waals surface area contributed by atoms with Gasteiger partial charge in [0.1, 0.15) is 0 Å². The van der Waals surface area contributed by atoms with E-state index in [1.165, 1.54) is 18.4 Å². The van der Waals surface area contributed by atoms with Crippen LogP contribution in [0, 0.1) is 11.8 Å². The number of guanidine groups is 1. The molecule has 0 bridgehead atoms. The van der Waals surface area contributed by atoms with E-state index in [1.54, 1.807) is 16.7 Å². The second-order valence-corrected chi connectivity index (χ2v) is 8.11. The summed E-state index contributed by atoms with van der Waals surface area (Å²) in [6.07, 6.45) is 4.37. The first-order chi connectivity index (χ1) is 13.5. The van der Waals surface area contributed by atoms with E-state index >= 15 is 0 Å². The van der Waals surface area contributed by atoms with E-state index in [-0.39, 0.29) is 5.56 Å². The predicted octanol–water partition coefficient (Wildman–Crippen LogP) is 3.34.